The summed E-state index contributed by atoms with van der Waals surface area (Å²) in [5.41, 5.74) is 4.79. The third kappa shape index (κ3) is 3.38. The number of amides is 1. The van der Waals surface area contributed by atoms with Gasteiger partial charge in [0.1, 0.15) is 0 Å². The van der Waals surface area contributed by atoms with Crippen LogP contribution < -0.4 is 5.62 Å². The lowest BCUT2D eigenvalue weighted by Crippen LogP contribution is -2.24. The molecule has 1 aromatic carbocycles. The molecule has 144 valence electrons. The molecule has 0 atom stereocenters. The lowest BCUT2D eigenvalue weighted by molar-refractivity contribution is 0.0996. The van der Waals surface area contributed by atoms with Crippen LogP contribution in [0.15, 0.2) is 72.1 Å². The van der Waals surface area contributed by atoms with Crippen LogP contribution >= 0.6 is 0 Å². The number of imidazole rings is 1. The Morgan fingerprint density at radius 2 is 1.93 bits per heavy atom. The second-order valence-electron chi connectivity index (χ2n) is 7.36. The lowest BCUT2D eigenvalue weighted by Gasteiger charge is -2.12. The zero-order valence-corrected chi connectivity index (χ0v) is 16.0. The molecular weight excluding hydrogens is 362 g/mol. The van der Waals surface area contributed by atoms with Gasteiger partial charge in [0.05, 0.1) is 16.7 Å². The van der Waals surface area contributed by atoms with Crippen molar-refractivity contribution >= 4 is 16.9 Å². The highest BCUT2D eigenvalue weighted by Crippen LogP contribution is 2.30. The standard InChI is InChI=1S/C23H21N5O/c29-22(16-11-13-25-20(14-16)17-6-5-12-24-15-17)27-23-26-19-9-3-4-10-21(19)28(23)18-7-1-2-8-18/h3-6,9-15,18H,1-2,7-8H2,(H,26,27,29). The monoisotopic (exact) mass is 383 g/mol. The summed E-state index contributed by atoms with van der Waals surface area (Å²) in [5.74, 6) is -0.282. The van der Waals surface area contributed by atoms with Gasteiger partial charge in [0.15, 0.2) is 0 Å². The molecule has 1 amide bonds. The Hall–Kier alpha value is -3.54. The number of carbonyl (C=O) groups is 1. The van der Waals surface area contributed by atoms with E-state index in [2.05, 4.69) is 30.6 Å². The summed E-state index contributed by atoms with van der Waals surface area (Å²) in [7, 11) is 0. The number of hydrogen-bond acceptors (Lipinski definition) is 3. The first kappa shape index (κ1) is 17.6. The maximum absolute atomic E-state index is 13.0. The second-order valence-corrected chi connectivity index (χ2v) is 7.36. The fourth-order valence-corrected chi connectivity index (χ4v) is 4.09. The number of rotatable bonds is 3. The van der Waals surface area contributed by atoms with Crippen molar-refractivity contribution in [2.75, 3.05) is 0 Å². The third-order valence-electron chi connectivity index (χ3n) is 5.50. The summed E-state index contributed by atoms with van der Waals surface area (Å²) < 4.78 is 2.20. The van der Waals surface area contributed by atoms with Crippen molar-refractivity contribution in [2.24, 2.45) is 4.99 Å². The Labute approximate surface area is 168 Å². The first-order valence-corrected chi connectivity index (χ1v) is 9.94. The first-order chi connectivity index (χ1) is 14.3. The molecule has 1 N–H and O–H groups in total. The molecule has 0 saturated heterocycles. The highest BCUT2D eigenvalue weighted by molar-refractivity contribution is 5.95. The number of hydrogen-bond donors (Lipinski definition) is 1. The van der Waals surface area contributed by atoms with Crippen molar-refractivity contribution in [3.05, 3.63) is 78.3 Å². The summed E-state index contributed by atoms with van der Waals surface area (Å²) in [5, 5.41) is 0. The molecule has 6 heteroatoms. The van der Waals surface area contributed by atoms with Crippen molar-refractivity contribution < 1.29 is 4.79 Å². The zero-order chi connectivity index (χ0) is 19.6. The molecule has 0 bridgehead atoms. The molecule has 5 rings (SSSR count). The number of carbonyl (C=O) groups excluding carboxylic acids is 1. The summed E-state index contributed by atoms with van der Waals surface area (Å²) in [6.07, 6.45) is 9.74. The first-order valence-electron chi connectivity index (χ1n) is 9.94. The van der Waals surface area contributed by atoms with Crippen LogP contribution in [0.25, 0.3) is 22.3 Å². The Balaban J connectivity index is 1.58. The Morgan fingerprint density at radius 1 is 1.07 bits per heavy atom. The number of pyridine rings is 2. The normalized spacial score (nSPS) is 15.2. The van der Waals surface area contributed by atoms with Gasteiger partial charge in [0.2, 0.25) is 5.62 Å². The average molecular weight is 383 g/mol. The van der Waals surface area contributed by atoms with Crippen LogP contribution in [-0.4, -0.2) is 25.4 Å². The van der Waals surface area contributed by atoms with E-state index in [1.54, 1.807) is 30.7 Å². The second kappa shape index (κ2) is 7.47. The van der Waals surface area contributed by atoms with Gasteiger partial charge in [-0.2, -0.15) is 4.99 Å². The van der Waals surface area contributed by atoms with E-state index in [-0.39, 0.29) is 5.91 Å². The molecule has 3 heterocycles. The van der Waals surface area contributed by atoms with Crippen LogP contribution in [0.3, 0.4) is 0 Å². The maximum atomic E-state index is 13.0. The van der Waals surface area contributed by atoms with E-state index < -0.39 is 0 Å². The number of fused-ring (bicyclic) bond motifs is 1. The minimum Gasteiger partial charge on any atom is -0.324 e. The van der Waals surface area contributed by atoms with Crippen LogP contribution in [0.2, 0.25) is 0 Å². The minimum absolute atomic E-state index is 0.282. The largest absolute Gasteiger partial charge is 0.324 e. The van der Waals surface area contributed by atoms with Crippen molar-refractivity contribution in [3.63, 3.8) is 0 Å². The van der Waals surface area contributed by atoms with E-state index >= 15 is 0 Å². The molecule has 6 nitrogen and oxygen atoms in total. The molecule has 4 aromatic rings. The van der Waals surface area contributed by atoms with Crippen molar-refractivity contribution in [3.8, 4) is 11.3 Å². The number of nitrogens with one attached hydrogen (secondary N) is 1. The number of aromatic nitrogens is 4. The van der Waals surface area contributed by atoms with Crippen LogP contribution in [-0.2, 0) is 0 Å². The smallest absolute Gasteiger partial charge is 0.280 e. The molecule has 1 aliphatic carbocycles. The molecule has 0 radical (unpaired) electrons. The average Bonchev–Trinajstić information content (AvgIpc) is 3.41. The molecular formula is C23H21N5O. The Morgan fingerprint density at radius 3 is 2.76 bits per heavy atom. The van der Waals surface area contributed by atoms with Gasteiger partial charge in [-0.25, -0.2) is 0 Å². The van der Waals surface area contributed by atoms with E-state index in [1.165, 1.54) is 12.8 Å². The number of H-pyrrole nitrogens is 1. The zero-order valence-electron chi connectivity index (χ0n) is 16.0. The van der Waals surface area contributed by atoms with E-state index in [9.17, 15) is 4.79 Å². The molecule has 1 saturated carbocycles. The highest BCUT2D eigenvalue weighted by atomic mass is 16.1. The van der Waals surface area contributed by atoms with Crippen molar-refractivity contribution in [2.45, 2.75) is 31.7 Å². The van der Waals surface area contributed by atoms with E-state index in [1.807, 2.05) is 30.3 Å². The molecule has 0 spiro atoms. The Bertz CT molecular complexity index is 1230. The van der Waals surface area contributed by atoms with Gasteiger partial charge in [-0.3, -0.25) is 14.8 Å². The van der Waals surface area contributed by atoms with E-state index in [0.29, 0.717) is 22.9 Å². The molecule has 1 aliphatic rings. The SMILES string of the molecule is O=C(/N=c1\[nH]c2ccccc2n1C1CCCC1)c1ccnc(-c2cccnc2)c1. The number of nitrogens with zero attached hydrogens (tertiary/aromatic N) is 4. The summed E-state index contributed by atoms with van der Waals surface area (Å²) >= 11 is 0. The molecule has 3 aromatic heterocycles. The highest BCUT2D eigenvalue weighted by Gasteiger charge is 2.20. The summed E-state index contributed by atoms with van der Waals surface area (Å²) in [4.78, 5) is 29.3. The molecule has 0 unspecified atom stereocenters. The summed E-state index contributed by atoms with van der Waals surface area (Å²) in [6.45, 7) is 0. The maximum Gasteiger partial charge on any atom is 0.280 e. The minimum atomic E-state index is -0.282. The van der Waals surface area contributed by atoms with Crippen molar-refractivity contribution in [1.29, 1.82) is 0 Å². The van der Waals surface area contributed by atoms with Gasteiger partial charge in [0, 0.05) is 35.8 Å². The topological polar surface area (TPSA) is 75.9 Å². The fraction of sp³-hybridized carbons (Fsp3) is 0.217. The van der Waals surface area contributed by atoms with Gasteiger partial charge in [-0.05, 0) is 49.2 Å². The molecule has 29 heavy (non-hydrogen) atoms. The molecule has 0 aliphatic heterocycles. The number of para-hydroxylation sites is 2. The fourth-order valence-electron chi connectivity index (χ4n) is 4.09. The van der Waals surface area contributed by atoms with Crippen LogP contribution in [0.4, 0.5) is 0 Å². The van der Waals surface area contributed by atoms with Crippen LogP contribution in [0, 0.1) is 0 Å². The van der Waals surface area contributed by atoms with E-state index in [0.717, 1.165) is 29.4 Å². The van der Waals surface area contributed by atoms with Crippen LogP contribution in [0.5, 0.6) is 0 Å². The quantitative estimate of drug-likeness (QED) is 0.574. The van der Waals surface area contributed by atoms with Gasteiger partial charge in [-0.15, -0.1) is 0 Å². The number of aromatic amines is 1. The van der Waals surface area contributed by atoms with Gasteiger partial charge < -0.3 is 9.55 Å². The number of benzene rings is 1. The predicted octanol–water partition coefficient (Wildman–Crippen LogP) is 4.28. The lowest BCUT2D eigenvalue weighted by atomic mass is 10.1. The van der Waals surface area contributed by atoms with Gasteiger partial charge in [0.25, 0.3) is 5.91 Å². The molecule has 1 fully saturated rings. The van der Waals surface area contributed by atoms with E-state index in [4.69, 9.17) is 0 Å². The van der Waals surface area contributed by atoms with Crippen LogP contribution in [0.1, 0.15) is 42.1 Å². The third-order valence-corrected chi connectivity index (χ3v) is 5.50. The van der Waals surface area contributed by atoms with Crippen molar-refractivity contribution in [1.82, 2.24) is 19.5 Å². The predicted molar refractivity (Wildman–Crippen MR) is 111 cm³/mol. The van der Waals surface area contributed by atoms with Gasteiger partial charge in [-0.1, -0.05) is 25.0 Å². The summed E-state index contributed by atoms with van der Waals surface area (Å²) in [6, 6.07) is 15.7. The van der Waals surface area contributed by atoms with Gasteiger partial charge >= 0.3 is 0 Å². The Kier molecular flexibility index (Phi) is 4.52.